The summed E-state index contributed by atoms with van der Waals surface area (Å²) in [6.45, 7) is 4.92. The number of epoxide rings is 1. The average molecular weight is 807 g/mol. The normalized spacial score (nSPS) is 27.7. The van der Waals surface area contributed by atoms with Crippen molar-refractivity contribution in [1.29, 1.82) is 0 Å². The number of aromatic hydroxyl groups is 1. The van der Waals surface area contributed by atoms with E-state index in [2.05, 4.69) is 28.2 Å². The number of phenolic OH excluding ortho intramolecular Hbond substituents is 1. The summed E-state index contributed by atoms with van der Waals surface area (Å²) in [5, 5.41) is 11.8. The Morgan fingerprint density at radius 3 is 2.81 bits per heavy atom. The van der Waals surface area contributed by atoms with Crippen LogP contribution >= 0.6 is 21.6 Å². The first-order valence-corrected chi connectivity index (χ1v) is 21.8. The van der Waals surface area contributed by atoms with E-state index in [1.807, 2.05) is 25.3 Å². The quantitative estimate of drug-likeness (QED) is 0.113. The van der Waals surface area contributed by atoms with Crippen molar-refractivity contribution in [3.05, 3.63) is 92.7 Å². The Bertz CT molecular complexity index is 2540. The van der Waals surface area contributed by atoms with E-state index >= 15 is 0 Å². The Morgan fingerprint density at radius 1 is 1.07 bits per heavy atom. The number of rotatable bonds is 2. The van der Waals surface area contributed by atoms with Crippen LogP contribution in [-0.2, 0) is 33.0 Å². The van der Waals surface area contributed by atoms with Gasteiger partial charge in [-0.1, -0.05) is 21.6 Å². The second-order valence-electron chi connectivity index (χ2n) is 16.0. The van der Waals surface area contributed by atoms with Crippen LogP contribution in [-0.4, -0.2) is 67.4 Å². The Hall–Kier alpha value is -4.99. The number of benzene rings is 1. The molecule has 15 heteroatoms. The fraction of sp³-hybridized carbons (Fsp3) is 0.405. The molecule has 3 aromatic heterocycles. The van der Waals surface area contributed by atoms with Crippen molar-refractivity contribution >= 4 is 55.9 Å². The summed E-state index contributed by atoms with van der Waals surface area (Å²) in [7, 11) is 3.31. The highest BCUT2D eigenvalue weighted by molar-refractivity contribution is 8.76. The summed E-state index contributed by atoms with van der Waals surface area (Å²) in [5.74, 6) is 1.87. The average Bonchev–Trinajstić information content (AvgIpc) is 3.47. The SMILES string of the molecule is Cc1cc(=O)c2c(O)c3c(cc2o1)OC1(C)CCSSCc2c(cc(CN4C=C5C=CN=C5C4)nc2N)-c2cc(cc(N)n2)CCC2OC24CCCC3C1OC4=O. The van der Waals surface area contributed by atoms with Crippen LogP contribution in [0.3, 0.4) is 0 Å². The van der Waals surface area contributed by atoms with Gasteiger partial charge in [0.15, 0.2) is 11.0 Å². The molecule has 294 valence electrons. The molecule has 5 atom stereocenters. The fourth-order valence-electron chi connectivity index (χ4n) is 9.33. The second kappa shape index (κ2) is 13.6. The van der Waals surface area contributed by atoms with E-state index in [1.165, 1.54) is 6.07 Å². The van der Waals surface area contributed by atoms with E-state index < -0.39 is 29.2 Å². The molecule has 6 aliphatic rings. The second-order valence-corrected chi connectivity index (χ2v) is 18.6. The van der Waals surface area contributed by atoms with Crippen LogP contribution in [0.1, 0.15) is 73.1 Å². The van der Waals surface area contributed by atoms with E-state index in [4.69, 9.17) is 40.1 Å². The molecule has 0 aliphatic carbocycles. The molecule has 10 rings (SSSR count). The lowest BCUT2D eigenvalue weighted by Gasteiger charge is -2.47. The molecule has 4 bridgehead atoms. The summed E-state index contributed by atoms with van der Waals surface area (Å²) in [6.07, 6.45) is 8.26. The van der Waals surface area contributed by atoms with Crippen LogP contribution in [0.5, 0.6) is 11.5 Å². The number of nitrogen functional groups attached to an aromatic ring is 2. The standard InChI is InChI=1S/C42H42N6O7S2/c1-21-12-30(49)36-31(52-21)16-32-35(37(36)50)25-4-3-8-42-33(55-42)6-5-22-13-28(47-34(43)14-22)26-15-24(18-48-17-23-7-10-45-29(23)19-48)46-39(44)27(26)20-57-56-11-9-41(2,54-32)38(25)53-40(42)51/h7,10,12-17,25,33,38,50H,3-6,8-9,11,18-20H2,1-2H3,(H2,43,47)(H2,44,46). The van der Waals surface area contributed by atoms with Crippen LogP contribution in [0.25, 0.3) is 22.2 Å². The largest absolute Gasteiger partial charge is 0.507 e. The summed E-state index contributed by atoms with van der Waals surface area (Å²) < 4.78 is 25.5. The lowest BCUT2D eigenvalue weighted by Crippen LogP contribution is -2.55. The van der Waals surface area contributed by atoms with Crippen molar-refractivity contribution in [3.63, 3.8) is 0 Å². The summed E-state index contributed by atoms with van der Waals surface area (Å²) in [4.78, 5) is 43.7. The minimum absolute atomic E-state index is 0.0956. The Morgan fingerprint density at radius 2 is 1.95 bits per heavy atom. The van der Waals surface area contributed by atoms with Crippen molar-refractivity contribution in [1.82, 2.24) is 14.9 Å². The molecule has 2 saturated heterocycles. The number of esters is 1. The predicted molar refractivity (Wildman–Crippen MR) is 220 cm³/mol. The number of anilines is 2. The number of nitrogens with zero attached hydrogens (tertiary/aromatic N) is 4. The molecule has 6 aliphatic heterocycles. The van der Waals surface area contributed by atoms with Crippen LogP contribution in [0, 0.1) is 6.92 Å². The number of aryl methyl sites for hydroxylation is 2. The number of hydrogen-bond acceptors (Lipinski definition) is 15. The number of allylic oxidation sites excluding steroid dienone is 1. The lowest BCUT2D eigenvalue weighted by molar-refractivity contribution is -0.175. The number of hydrogen-bond donors (Lipinski definition) is 3. The summed E-state index contributed by atoms with van der Waals surface area (Å²) in [6, 6.07) is 9.06. The maximum Gasteiger partial charge on any atom is 0.341 e. The van der Waals surface area contributed by atoms with Gasteiger partial charge >= 0.3 is 5.97 Å². The Balaban J connectivity index is 1.01. The number of ether oxygens (including phenoxy) is 3. The zero-order valence-corrected chi connectivity index (χ0v) is 33.2. The molecule has 0 amide bonds. The van der Waals surface area contributed by atoms with Gasteiger partial charge in [-0.05, 0) is 75.8 Å². The molecule has 13 nitrogen and oxygen atoms in total. The predicted octanol–water partition coefficient (Wildman–Crippen LogP) is 6.48. The number of fused-ring (bicyclic) bond motifs is 9. The first-order chi connectivity index (χ1) is 27.5. The zero-order valence-electron chi connectivity index (χ0n) is 31.6. The molecule has 5 unspecified atom stereocenters. The lowest BCUT2D eigenvalue weighted by atomic mass is 9.74. The van der Waals surface area contributed by atoms with Gasteiger partial charge in [-0.15, -0.1) is 0 Å². The minimum atomic E-state index is -1.07. The third kappa shape index (κ3) is 6.25. The van der Waals surface area contributed by atoms with Crippen molar-refractivity contribution < 1.29 is 28.5 Å². The van der Waals surface area contributed by atoms with Gasteiger partial charge in [0, 0.05) is 70.6 Å². The molecular formula is C42H42N6O7S2. The molecule has 2 fully saturated rings. The van der Waals surface area contributed by atoms with E-state index in [1.54, 1.807) is 34.6 Å². The maximum absolute atomic E-state index is 14.3. The Kier molecular flexibility index (Phi) is 8.65. The number of aromatic nitrogens is 2. The van der Waals surface area contributed by atoms with Gasteiger partial charge in [-0.3, -0.25) is 9.79 Å². The summed E-state index contributed by atoms with van der Waals surface area (Å²) >= 11 is 0. The molecule has 0 radical (unpaired) electrons. The number of carbonyl (C=O) groups is 1. The first kappa shape index (κ1) is 36.4. The first-order valence-electron chi connectivity index (χ1n) is 19.4. The van der Waals surface area contributed by atoms with Gasteiger partial charge in [-0.25, -0.2) is 14.8 Å². The van der Waals surface area contributed by atoms with E-state index in [-0.39, 0.29) is 28.3 Å². The number of pyridine rings is 2. The summed E-state index contributed by atoms with van der Waals surface area (Å²) in [5.41, 5.74) is 18.0. The van der Waals surface area contributed by atoms with Crippen LogP contribution in [0.2, 0.25) is 0 Å². The molecule has 5 N–H and O–H groups in total. The highest BCUT2D eigenvalue weighted by Gasteiger charge is 2.65. The van der Waals surface area contributed by atoms with Crippen molar-refractivity contribution in [2.24, 2.45) is 4.99 Å². The maximum atomic E-state index is 14.3. The van der Waals surface area contributed by atoms with Crippen molar-refractivity contribution in [3.8, 4) is 22.8 Å². The van der Waals surface area contributed by atoms with E-state index in [9.17, 15) is 14.7 Å². The topological polar surface area (TPSA) is 192 Å². The Labute approximate surface area is 336 Å². The number of aliphatic imine (C=N–C) groups is 1. The van der Waals surface area contributed by atoms with E-state index in [0.717, 1.165) is 39.4 Å². The number of carbonyl (C=O) groups excluding carboxylic acids is 1. The van der Waals surface area contributed by atoms with Gasteiger partial charge in [0.1, 0.15) is 51.6 Å². The van der Waals surface area contributed by atoms with Gasteiger partial charge in [0.05, 0.1) is 36.3 Å². The molecule has 1 aromatic carbocycles. The monoisotopic (exact) mass is 806 g/mol. The molecule has 57 heavy (non-hydrogen) atoms. The molecule has 9 heterocycles. The van der Waals surface area contributed by atoms with E-state index in [0.29, 0.717) is 91.8 Å². The third-order valence-electron chi connectivity index (χ3n) is 12.2. The zero-order chi connectivity index (χ0) is 39.2. The highest BCUT2D eigenvalue weighted by atomic mass is 33.1. The van der Waals surface area contributed by atoms with Crippen molar-refractivity contribution in [2.75, 3.05) is 23.8 Å². The molecule has 1 spiro atoms. The smallest absolute Gasteiger partial charge is 0.341 e. The number of nitrogens with two attached hydrogens (primary N) is 2. The number of phenols is 1. The van der Waals surface area contributed by atoms with Crippen LogP contribution in [0.4, 0.5) is 11.6 Å². The molecular weight excluding hydrogens is 765 g/mol. The molecule has 4 aromatic rings. The van der Waals surface area contributed by atoms with Gasteiger partial charge < -0.3 is 40.1 Å². The van der Waals surface area contributed by atoms with Gasteiger partial charge in [0.2, 0.25) is 0 Å². The third-order valence-corrected chi connectivity index (χ3v) is 14.5. The highest BCUT2D eigenvalue weighted by Crippen LogP contribution is 2.55. The van der Waals surface area contributed by atoms with Crippen LogP contribution in [0.15, 0.2) is 68.6 Å². The van der Waals surface area contributed by atoms with Gasteiger partial charge in [0.25, 0.3) is 0 Å². The fourth-order valence-corrected chi connectivity index (χ4v) is 11.6. The minimum Gasteiger partial charge on any atom is -0.507 e. The molecule has 0 saturated carbocycles. The van der Waals surface area contributed by atoms with Gasteiger partial charge in [-0.2, -0.15) is 0 Å². The van der Waals surface area contributed by atoms with Crippen molar-refractivity contribution in [2.45, 2.75) is 94.0 Å². The van der Waals surface area contributed by atoms with Crippen LogP contribution < -0.4 is 21.6 Å².